The third-order valence-corrected chi connectivity index (χ3v) is 3.31. The standard InChI is InChI=1S/C14H22N2O/c1-9-6-10(2)13(11(3)7-9)14(4,16-5)8-12(15)17/h6-7,16H,8H2,1-5H3,(H2,15,17). The molecule has 3 N–H and O–H groups in total. The summed E-state index contributed by atoms with van der Waals surface area (Å²) >= 11 is 0. The average molecular weight is 234 g/mol. The van der Waals surface area contributed by atoms with Crippen LogP contribution in [-0.2, 0) is 10.3 Å². The third-order valence-electron chi connectivity index (χ3n) is 3.31. The van der Waals surface area contributed by atoms with Crippen LogP contribution in [0.3, 0.4) is 0 Å². The number of nitrogens with two attached hydrogens (primary N) is 1. The molecule has 94 valence electrons. The number of nitrogens with one attached hydrogen (secondary N) is 1. The maximum Gasteiger partial charge on any atom is 0.219 e. The second kappa shape index (κ2) is 4.88. The van der Waals surface area contributed by atoms with Crippen molar-refractivity contribution in [2.24, 2.45) is 5.73 Å². The van der Waals surface area contributed by atoms with E-state index in [1.165, 1.54) is 22.3 Å². The van der Waals surface area contributed by atoms with Crippen LogP contribution < -0.4 is 11.1 Å². The second-order valence-corrected chi connectivity index (χ2v) is 5.00. The largest absolute Gasteiger partial charge is 0.370 e. The fourth-order valence-corrected chi connectivity index (χ4v) is 2.70. The highest BCUT2D eigenvalue weighted by molar-refractivity contribution is 5.75. The number of carbonyl (C=O) groups excluding carboxylic acids is 1. The van der Waals surface area contributed by atoms with Gasteiger partial charge in [0, 0.05) is 12.0 Å². The Hall–Kier alpha value is -1.35. The van der Waals surface area contributed by atoms with E-state index in [0.29, 0.717) is 6.42 Å². The molecule has 17 heavy (non-hydrogen) atoms. The molecular weight excluding hydrogens is 212 g/mol. The van der Waals surface area contributed by atoms with Crippen molar-refractivity contribution in [3.63, 3.8) is 0 Å². The summed E-state index contributed by atoms with van der Waals surface area (Å²) in [5.41, 5.74) is 9.75. The first-order valence-corrected chi connectivity index (χ1v) is 5.85. The molecule has 3 nitrogen and oxygen atoms in total. The number of primary amides is 1. The topological polar surface area (TPSA) is 55.1 Å². The smallest absolute Gasteiger partial charge is 0.219 e. The Bertz CT molecular complexity index is 417. The van der Waals surface area contributed by atoms with E-state index in [-0.39, 0.29) is 5.91 Å². The predicted molar refractivity (Wildman–Crippen MR) is 70.9 cm³/mol. The van der Waals surface area contributed by atoms with Crippen molar-refractivity contribution in [3.8, 4) is 0 Å². The van der Waals surface area contributed by atoms with Crippen LogP contribution in [0.25, 0.3) is 0 Å². The van der Waals surface area contributed by atoms with Gasteiger partial charge in [0.25, 0.3) is 0 Å². The molecule has 3 heteroatoms. The minimum Gasteiger partial charge on any atom is -0.370 e. The Morgan fingerprint density at radius 2 is 1.76 bits per heavy atom. The summed E-state index contributed by atoms with van der Waals surface area (Å²) in [5, 5.41) is 3.23. The minimum atomic E-state index is -0.395. The van der Waals surface area contributed by atoms with E-state index < -0.39 is 5.54 Å². The molecule has 1 rings (SSSR count). The molecule has 1 amide bonds. The number of rotatable bonds is 4. The molecule has 1 unspecified atom stereocenters. The molecule has 0 saturated carbocycles. The molecule has 0 spiro atoms. The molecule has 0 heterocycles. The van der Waals surface area contributed by atoms with E-state index in [2.05, 4.69) is 38.2 Å². The summed E-state index contributed by atoms with van der Waals surface area (Å²) in [6, 6.07) is 4.28. The van der Waals surface area contributed by atoms with Crippen molar-refractivity contribution in [1.82, 2.24) is 5.32 Å². The van der Waals surface area contributed by atoms with Crippen LogP contribution in [0.15, 0.2) is 12.1 Å². The average Bonchev–Trinajstić information content (AvgIpc) is 2.14. The van der Waals surface area contributed by atoms with Gasteiger partial charge in [-0.15, -0.1) is 0 Å². The van der Waals surface area contributed by atoms with Gasteiger partial charge in [0.2, 0.25) is 5.91 Å². The Kier molecular flexibility index (Phi) is 3.94. The fraction of sp³-hybridized carbons (Fsp3) is 0.500. The fourth-order valence-electron chi connectivity index (χ4n) is 2.70. The number of benzene rings is 1. The Morgan fingerprint density at radius 1 is 1.29 bits per heavy atom. The minimum absolute atomic E-state index is 0.291. The number of aryl methyl sites for hydroxylation is 3. The number of carbonyl (C=O) groups is 1. The van der Waals surface area contributed by atoms with Crippen LogP contribution in [0.1, 0.15) is 35.6 Å². The monoisotopic (exact) mass is 234 g/mol. The van der Waals surface area contributed by atoms with E-state index in [1.54, 1.807) is 0 Å². The van der Waals surface area contributed by atoms with Crippen LogP contribution in [-0.4, -0.2) is 13.0 Å². The normalized spacial score (nSPS) is 14.4. The molecule has 0 radical (unpaired) electrons. The van der Waals surface area contributed by atoms with Crippen LogP contribution in [0.5, 0.6) is 0 Å². The van der Waals surface area contributed by atoms with Crippen molar-refractivity contribution >= 4 is 5.91 Å². The third kappa shape index (κ3) is 2.86. The lowest BCUT2D eigenvalue weighted by molar-refractivity contribution is -0.119. The summed E-state index contributed by atoms with van der Waals surface area (Å²) in [6.07, 6.45) is 0.300. The molecule has 0 aliphatic carbocycles. The number of hydrogen-bond donors (Lipinski definition) is 2. The lowest BCUT2D eigenvalue weighted by Crippen LogP contribution is -2.41. The SMILES string of the molecule is CNC(C)(CC(N)=O)c1c(C)cc(C)cc1C. The first-order valence-electron chi connectivity index (χ1n) is 5.85. The van der Waals surface area contributed by atoms with Gasteiger partial charge in [0.1, 0.15) is 0 Å². The van der Waals surface area contributed by atoms with E-state index in [0.717, 1.165) is 0 Å². The van der Waals surface area contributed by atoms with Gasteiger partial charge in [0.15, 0.2) is 0 Å². The van der Waals surface area contributed by atoms with Crippen molar-refractivity contribution in [2.45, 2.75) is 39.7 Å². The Labute approximate surface area is 103 Å². The zero-order valence-corrected chi connectivity index (χ0v) is 11.3. The molecule has 0 saturated heterocycles. The lowest BCUT2D eigenvalue weighted by atomic mass is 9.82. The zero-order valence-electron chi connectivity index (χ0n) is 11.3. The number of amides is 1. The van der Waals surface area contributed by atoms with Gasteiger partial charge in [-0.25, -0.2) is 0 Å². The van der Waals surface area contributed by atoms with E-state index in [1.807, 2.05) is 14.0 Å². The highest BCUT2D eigenvalue weighted by Crippen LogP contribution is 2.30. The molecule has 0 aliphatic heterocycles. The Morgan fingerprint density at radius 3 is 2.12 bits per heavy atom. The van der Waals surface area contributed by atoms with Crippen LogP contribution in [0.4, 0.5) is 0 Å². The summed E-state index contributed by atoms with van der Waals surface area (Å²) in [4.78, 5) is 11.2. The first kappa shape index (κ1) is 13.7. The molecular formula is C14H22N2O. The summed E-state index contributed by atoms with van der Waals surface area (Å²) in [7, 11) is 1.86. The summed E-state index contributed by atoms with van der Waals surface area (Å²) in [5.74, 6) is -0.291. The molecule has 0 fully saturated rings. The maximum absolute atomic E-state index is 11.2. The Balaban J connectivity index is 3.34. The molecule has 1 aromatic carbocycles. The van der Waals surface area contributed by atoms with E-state index in [9.17, 15) is 4.79 Å². The predicted octanol–water partition coefficient (Wildman–Crippen LogP) is 1.92. The van der Waals surface area contributed by atoms with E-state index in [4.69, 9.17) is 5.73 Å². The zero-order chi connectivity index (χ0) is 13.2. The van der Waals surface area contributed by atoms with Crippen LogP contribution >= 0.6 is 0 Å². The highest BCUT2D eigenvalue weighted by atomic mass is 16.1. The molecule has 0 aromatic heterocycles. The van der Waals surface area contributed by atoms with Crippen LogP contribution in [0.2, 0.25) is 0 Å². The van der Waals surface area contributed by atoms with Gasteiger partial charge >= 0.3 is 0 Å². The number of hydrogen-bond acceptors (Lipinski definition) is 2. The molecule has 0 bridgehead atoms. The van der Waals surface area contributed by atoms with Crippen LogP contribution in [0, 0.1) is 20.8 Å². The van der Waals surface area contributed by atoms with Gasteiger partial charge in [-0.2, -0.15) is 0 Å². The molecule has 1 aromatic rings. The van der Waals surface area contributed by atoms with Gasteiger partial charge in [0.05, 0.1) is 0 Å². The van der Waals surface area contributed by atoms with Gasteiger partial charge in [-0.05, 0) is 51.4 Å². The van der Waals surface area contributed by atoms with Crippen molar-refractivity contribution in [3.05, 3.63) is 34.4 Å². The quantitative estimate of drug-likeness (QED) is 0.836. The van der Waals surface area contributed by atoms with Gasteiger partial charge in [-0.3, -0.25) is 4.79 Å². The van der Waals surface area contributed by atoms with Gasteiger partial charge in [-0.1, -0.05) is 17.7 Å². The second-order valence-electron chi connectivity index (χ2n) is 5.00. The molecule has 0 aliphatic rings. The van der Waals surface area contributed by atoms with Gasteiger partial charge < -0.3 is 11.1 Å². The lowest BCUT2D eigenvalue weighted by Gasteiger charge is -2.32. The first-order chi connectivity index (χ1) is 7.80. The maximum atomic E-state index is 11.2. The van der Waals surface area contributed by atoms with E-state index >= 15 is 0 Å². The summed E-state index contributed by atoms with van der Waals surface area (Å²) in [6.45, 7) is 8.24. The van der Waals surface area contributed by atoms with Crippen molar-refractivity contribution in [2.75, 3.05) is 7.05 Å². The highest BCUT2D eigenvalue weighted by Gasteiger charge is 2.29. The summed E-state index contributed by atoms with van der Waals surface area (Å²) < 4.78 is 0. The molecule has 1 atom stereocenters. The van der Waals surface area contributed by atoms with Crippen molar-refractivity contribution < 1.29 is 4.79 Å². The van der Waals surface area contributed by atoms with Crippen molar-refractivity contribution in [1.29, 1.82) is 0 Å².